The molecule has 0 aliphatic heterocycles. The molecule has 0 amide bonds. The molecule has 0 unspecified atom stereocenters. The molecule has 0 saturated heterocycles. The van der Waals surface area contributed by atoms with Crippen molar-refractivity contribution in [2.24, 2.45) is 5.73 Å². The van der Waals surface area contributed by atoms with Crippen LogP contribution in [0.5, 0.6) is 5.75 Å². The molecule has 0 radical (unpaired) electrons. The van der Waals surface area contributed by atoms with E-state index in [2.05, 4.69) is 0 Å². The third-order valence-corrected chi connectivity index (χ3v) is 3.97. The second-order valence-electron chi connectivity index (χ2n) is 5.91. The number of ether oxygens (including phenoxy) is 2. The molecule has 132 valence electrons. The van der Waals surface area contributed by atoms with Crippen LogP contribution in [0.25, 0.3) is 0 Å². The molecule has 0 bridgehead atoms. The van der Waals surface area contributed by atoms with Crippen molar-refractivity contribution >= 4 is 5.97 Å². The summed E-state index contributed by atoms with van der Waals surface area (Å²) < 4.78 is 11.0. The molecule has 26 heavy (non-hydrogen) atoms. The van der Waals surface area contributed by atoms with Crippen LogP contribution in [-0.4, -0.2) is 5.97 Å². The summed E-state index contributed by atoms with van der Waals surface area (Å²) in [6.07, 6.45) is 0. The predicted octanol–water partition coefficient (Wildman–Crippen LogP) is 4.01. The fraction of sp³-hybridized carbons (Fsp3) is 0.136. The molecule has 0 saturated carbocycles. The summed E-state index contributed by atoms with van der Waals surface area (Å²) >= 11 is 0. The SMILES string of the molecule is N[C@H](C(=O)OCc1ccccc1)c1ccc(OCc2ccccc2)cc1. The van der Waals surface area contributed by atoms with Crippen LogP contribution in [0.2, 0.25) is 0 Å². The molecule has 0 heterocycles. The van der Waals surface area contributed by atoms with Gasteiger partial charge in [-0.25, -0.2) is 4.79 Å². The van der Waals surface area contributed by atoms with E-state index in [0.717, 1.165) is 16.9 Å². The first-order valence-corrected chi connectivity index (χ1v) is 8.45. The Morgan fingerprint density at radius 3 is 1.88 bits per heavy atom. The smallest absolute Gasteiger partial charge is 0.327 e. The van der Waals surface area contributed by atoms with E-state index in [1.807, 2.05) is 72.8 Å². The summed E-state index contributed by atoms with van der Waals surface area (Å²) in [7, 11) is 0. The van der Waals surface area contributed by atoms with Gasteiger partial charge in [-0.1, -0.05) is 72.8 Å². The van der Waals surface area contributed by atoms with Crippen LogP contribution in [0.15, 0.2) is 84.9 Å². The first kappa shape index (κ1) is 17.7. The van der Waals surface area contributed by atoms with E-state index in [4.69, 9.17) is 15.2 Å². The van der Waals surface area contributed by atoms with Crippen molar-refractivity contribution in [3.05, 3.63) is 102 Å². The van der Waals surface area contributed by atoms with Crippen LogP contribution in [0, 0.1) is 0 Å². The maximum absolute atomic E-state index is 12.1. The summed E-state index contributed by atoms with van der Waals surface area (Å²) in [5.74, 6) is 0.272. The molecule has 3 rings (SSSR count). The van der Waals surface area contributed by atoms with Crippen molar-refractivity contribution in [2.45, 2.75) is 19.3 Å². The lowest BCUT2D eigenvalue weighted by Crippen LogP contribution is -2.23. The van der Waals surface area contributed by atoms with Crippen LogP contribution >= 0.6 is 0 Å². The zero-order chi connectivity index (χ0) is 18.2. The number of hydrogen-bond acceptors (Lipinski definition) is 4. The average Bonchev–Trinajstić information content (AvgIpc) is 2.72. The Bertz CT molecular complexity index is 817. The van der Waals surface area contributed by atoms with Crippen LogP contribution in [0.3, 0.4) is 0 Å². The first-order chi connectivity index (χ1) is 12.7. The van der Waals surface area contributed by atoms with Crippen LogP contribution in [0.4, 0.5) is 0 Å². The number of rotatable bonds is 7. The van der Waals surface area contributed by atoms with E-state index in [1.54, 1.807) is 12.1 Å². The maximum Gasteiger partial charge on any atom is 0.327 e. The quantitative estimate of drug-likeness (QED) is 0.656. The Hall–Kier alpha value is -3.11. The van der Waals surface area contributed by atoms with Crippen LogP contribution < -0.4 is 10.5 Å². The largest absolute Gasteiger partial charge is 0.489 e. The highest BCUT2D eigenvalue weighted by Crippen LogP contribution is 2.19. The van der Waals surface area contributed by atoms with Crippen molar-refractivity contribution in [2.75, 3.05) is 0 Å². The van der Waals surface area contributed by atoms with E-state index in [1.165, 1.54) is 0 Å². The zero-order valence-electron chi connectivity index (χ0n) is 14.4. The van der Waals surface area contributed by atoms with Gasteiger partial charge in [0.2, 0.25) is 0 Å². The van der Waals surface area contributed by atoms with E-state index in [-0.39, 0.29) is 6.61 Å². The summed E-state index contributed by atoms with van der Waals surface area (Å²) in [6.45, 7) is 0.705. The Morgan fingerprint density at radius 1 is 0.769 bits per heavy atom. The minimum absolute atomic E-state index is 0.214. The molecule has 0 spiro atoms. The number of nitrogens with two attached hydrogens (primary N) is 1. The molecule has 1 atom stereocenters. The van der Waals surface area contributed by atoms with Gasteiger partial charge in [-0.2, -0.15) is 0 Å². The molecule has 3 aromatic rings. The van der Waals surface area contributed by atoms with Crippen LogP contribution in [0.1, 0.15) is 22.7 Å². The lowest BCUT2D eigenvalue weighted by atomic mass is 10.1. The third-order valence-electron chi connectivity index (χ3n) is 3.97. The number of hydrogen-bond donors (Lipinski definition) is 1. The highest BCUT2D eigenvalue weighted by atomic mass is 16.5. The molecule has 3 aromatic carbocycles. The van der Waals surface area contributed by atoms with E-state index >= 15 is 0 Å². The Labute approximate surface area is 153 Å². The van der Waals surface area contributed by atoms with Gasteiger partial charge in [0.15, 0.2) is 0 Å². The second-order valence-corrected chi connectivity index (χ2v) is 5.91. The summed E-state index contributed by atoms with van der Waals surface area (Å²) in [6, 6.07) is 25.8. The topological polar surface area (TPSA) is 61.6 Å². The Morgan fingerprint density at radius 2 is 1.31 bits per heavy atom. The molecular weight excluding hydrogens is 326 g/mol. The minimum atomic E-state index is -0.818. The van der Waals surface area contributed by atoms with E-state index < -0.39 is 12.0 Å². The number of esters is 1. The molecular formula is C22H21NO3. The molecule has 0 aliphatic carbocycles. The molecule has 4 heteroatoms. The molecule has 0 aromatic heterocycles. The van der Waals surface area contributed by atoms with E-state index in [9.17, 15) is 4.79 Å². The Kier molecular flexibility index (Phi) is 6.01. The summed E-state index contributed by atoms with van der Waals surface area (Å²) in [4.78, 5) is 12.1. The van der Waals surface area contributed by atoms with Gasteiger partial charge in [0, 0.05) is 0 Å². The van der Waals surface area contributed by atoms with Gasteiger partial charge in [-0.15, -0.1) is 0 Å². The highest BCUT2D eigenvalue weighted by Gasteiger charge is 2.17. The standard InChI is InChI=1S/C22H21NO3/c23-21(22(24)26-16-18-9-5-2-6-10-18)19-11-13-20(14-12-19)25-15-17-7-3-1-4-8-17/h1-14,21H,15-16,23H2/t21-/m0/s1. The van der Waals surface area contributed by atoms with Crippen LogP contribution in [-0.2, 0) is 22.7 Å². The summed E-state index contributed by atoms with van der Waals surface area (Å²) in [5.41, 5.74) is 8.72. The van der Waals surface area contributed by atoms with Crippen molar-refractivity contribution in [1.82, 2.24) is 0 Å². The summed E-state index contributed by atoms with van der Waals surface area (Å²) in [5, 5.41) is 0. The predicted molar refractivity (Wildman–Crippen MR) is 100 cm³/mol. The monoisotopic (exact) mass is 347 g/mol. The van der Waals surface area contributed by atoms with Gasteiger partial charge in [0.25, 0.3) is 0 Å². The average molecular weight is 347 g/mol. The second kappa shape index (κ2) is 8.83. The molecule has 2 N–H and O–H groups in total. The van der Waals surface area contributed by atoms with Crippen molar-refractivity contribution in [3.8, 4) is 5.75 Å². The first-order valence-electron chi connectivity index (χ1n) is 8.45. The van der Waals surface area contributed by atoms with Gasteiger partial charge in [-0.3, -0.25) is 0 Å². The number of benzene rings is 3. The lowest BCUT2D eigenvalue weighted by molar-refractivity contribution is -0.146. The van der Waals surface area contributed by atoms with Gasteiger partial charge in [-0.05, 0) is 28.8 Å². The molecule has 4 nitrogen and oxygen atoms in total. The fourth-order valence-corrected chi connectivity index (χ4v) is 2.47. The van der Waals surface area contributed by atoms with Gasteiger partial charge in [0.1, 0.15) is 25.0 Å². The van der Waals surface area contributed by atoms with E-state index in [0.29, 0.717) is 12.2 Å². The van der Waals surface area contributed by atoms with Gasteiger partial charge >= 0.3 is 5.97 Å². The van der Waals surface area contributed by atoms with Crippen molar-refractivity contribution < 1.29 is 14.3 Å². The third kappa shape index (κ3) is 4.94. The fourth-order valence-electron chi connectivity index (χ4n) is 2.47. The molecule has 0 fully saturated rings. The zero-order valence-corrected chi connectivity index (χ0v) is 14.4. The Balaban J connectivity index is 1.52. The number of carbonyl (C=O) groups is 1. The lowest BCUT2D eigenvalue weighted by Gasteiger charge is -2.13. The highest BCUT2D eigenvalue weighted by molar-refractivity contribution is 5.77. The van der Waals surface area contributed by atoms with Gasteiger partial charge in [0.05, 0.1) is 0 Å². The normalized spacial score (nSPS) is 11.6. The minimum Gasteiger partial charge on any atom is -0.489 e. The molecule has 0 aliphatic rings. The maximum atomic E-state index is 12.1. The van der Waals surface area contributed by atoms with Gasteiger partial charge < -0.3 is 15.2 Å². The van der Waals surface area contributed by atoms with Crippen molar-refractivity contribution in [3.63, 3.8) is 0 Å². The van der Waals surface area contributed by atoms with Crippen molar-refractivity contribution in [1.29, 1.82) is 0 Å². The number of carbonyl (C=O) groups excluding carboxylic acids is 1.